The number of ether oxygens (including phenoxy) is 1. The van der Waals surface area contributed by atoms with Crippen molar-refractivity contribution in [1.29, 1.82) is 0 Å². The largest absolute Gasteiger partial charge is 0.478 e. The molecule has 6 nitrogen and oxygen atoms in total. The summed E-state index contributed by atoms with van der Waals surface area (Å²) in [6.45, 7) is 4.42. The molecule has 6 heteroatoms. The van der Waals surface area contributed by atoms with Crippen molar-refractivity contribution < 1.29 is 23.8 Å². The lowest BCUT2D eigenvalue weighted by Crippen LogP contribution is -2.27. The topological polar surface area (TPSA) is 88.8 Å². The van der Waals surface area contributed by atoms with Crippen LogP contribution >= 0.6 is 0 Å². The summed E-state index contributed by atoms with van der Waals surface area (Å²) in [5.74, 6) is -0.535. The first kappa shape index (κ1) is 16.2. The van der Waals surface area contributed by atoms with Crippen LogP contribution in [0.5, 0.6) is 0 Å². The standard InChI is InChI=1S/C14H21NO5/c1-3-4-5-6-19-9-13(16)15-8-11-7-12(14(17)18)10(2)20-11/h7H,3-6,8-9H2,1-2H3,(H,15,16)(H,17,18). The van der Waals surface area contributed by atoms with E-state index in [1.165, 1.54) is 6.07 Å². The minimum absolute atomic E-state index is 0.00912. The summed E-state index contributed by atoms with van der Waals surface area (Å²) < 4.78 is 10.5. The molecule has 1 amide bonds. The van der Waals surface area contributed by atoms with Gasteiger partial charge in [0.1, 0.15) is 23.7 Å². The average molecular weight is 283 g/mol. The highest BCUT2D eigenvalue weighted by atomic mass is 16.5. The number of carbonyl (C=O) groups is 2. The smallest absolute Gasteiger partial charge is 0.339 e. The average Bonchev–Trinajstić information content (AvgIpc) is 2.77. The molecule has 0 radical (unpaired) electrons. The Kier molecular flexibility index (Phi) is 6.79. The van der Waals surface area contributed by atoms with Crippen LogP contribution in [0.3, 0.4) is 0 Å². The van der Waals surface area contributed by atoms with Crippen LogP contribution in [-0.2, 0) is 16.1 Å². The van der Waals surface area contributed by atoms with Crippen molar-refractivity contribution in [2.24, 2.45) is 0 Å². The van der Waals surface area contributed by atoms with E-state index in [4.69, 9.17) is 14.3 Å². The summed E-state index contributed by atoms with van der Waals surface area (Å²) in [5, 5.41) is 11.5. The van der Waals surface area contributed by atoms with E-state index >= 15 is 0 Å². The highest BCUT2D eigenvalue weighted by Crippen LogP contribution is 2.14. The number of carbonyl (C=O) groups excluding carboxylic acids is 1. The lowest BCUT2D eigenvalue weighted by atomic mass is 10.2. The summed E-state index contributed by atoms with van der Waals surface area (Å²) in [6, 6.07) is 1.42. The van der Waals surface area contributed by atoms with Crippen LogP contribution < -0.4 is 5.32 Å². The van der Waals surface area contributed by atoms with Gasteiger partial charge in [0.05, 0.1) is 6.54 Å². The van der Waals surface area contributed by atoms with Gasteiger partial charge in [-0.05, 0) is 19.4 Å². The first-order valence-corrected chi connectivity index (χ1v) is 6.71. The van der Waals surface area contributed by atoms with E-state index in [0.717, 1.165) is 19.3 Å². The van der Waals surface area contributed by atoms with Gasteiger partial charge in [0.2, 0.25) is 5.91 Å². The zero-order valence-electron chi connectivity index (χ0n) is 11.9. The van der Waals surface area contributed by atoms with Crippen LogP contribution in [0.1, 0.15) is 48.1 Å². The zero-order chi connectivity index (χ0) is 15.0. The second-order valence-electron chi connectivity index (χ2n) is 4.52. The van der Waals surface area contributed by atoms with Crippen molar-refractivity contribution in [2.45, 2.75) is 39.7 Å². The quantitative estimate of drug-likeness (QED) is 0.677. The number of furan rings is 1. The van der Waals surface area contributed by atoms with Crippen LogP contribution in [0.15, 0.2) is 10.5 Å². The highest BCUT2D eigenvalue weighted by Gasteiger charge is 2.13. The molecule has 112 valence electrons. The second-order valence-corrected chi connectivity index (χ2v) is 4.52. The first-order valence-electron chi connectivity index (χ1n) is 6.71. The van der Waals surface area contributed by atoms with Gasteiger partial charge in [-0.2, -0.15) is 0 Å². The van der Waals surface area contributed by atoms with Gasteiger partial charge in [0.15, 0.2) is 0 Å². The number of amides is 1. The van der Waals surface area contributed by atoms with Gasteiger partial charge in [0.25, 0.3) is 0 Å². The second kappa shape index (κ2) is 8.37. The van der Waals surface area contributed by atoms with Gasteiger partial charge < -0.3 is 19.6 Å². The Morgan fingerprint density at radius 2 is 2.15 bits per heavy atom. The predicted molar refractivity (Wildman–Crippen MR) is 72.6 cm³/mol. The van der Waals surface area contributed by atoms with Crippen LogP contribution in [0.4, 0.5) is 0 Å². The Morgan fingerprint density at radius 1 is 1.40 bits per heavy atom. The molecule has 0 bridgehead atoms. The molecule has 0 fully saturated rings. The Morgan fingerprint density at radius 3 is 2.75 bits per heavy atom. The van der Waals surface area contributed by atoms with E-state index in [0.29, 0.717) is 18.1 Å². The molecule has 0 saturated heterocycles. The molecule has 1 aromatic rings. The third-order valence-electron chi connectivity index (χ3n) is 2.78. The molecule has 2 N–H and O–H groups in total. The summed E-state index contributed by atoms with van der Waals surface area (Å²) >= 11 is 0. The lowest BCUT2D eigenvalue weighted by molar-refractivity contribution is -0.126. The Bertz CT molecular complexity index is 452. The molecule has 0 atom stereocenters. The molecule has 0 aliphatic heterocycles. The molecular weight excluding hydrogens is 262 g/mol. The molecule has 0 aromatic carbocycles. The fraction of sp³-hybridized carbons (Fsp3) is 0.571. The summed E-state index contributed by atoms with van der Waals surface area (Å²) in [7, 11) is 0. The number of rotatable bonds is 9. The highest BCUT2D eigenvalue weighted by molar-refractivity contribution is 5.88. The van der Waals surface area contributed by atoms with Crippen molar-refractivity contribution in [1.82, 2.24) is 5.32 Å². The van der Waals surface area contributed by atoms with Gasteiger partial charge in [-0.1, -0.05) is 19.8 Å². The Balaban J connectivity index is 2.27. The molecule has 20 heavy (non-hydrogen) atoms. The van der Waals surface area contributed by atoms with Crippen molar-refractivity contribution in [3.05, 3.63) is 23.2 Å². The maximum absolute atomic E-state index is 11.5. The third-order valence-corrected chi connectivity index (χ3v) is 2.78. The molecule has 0 aliphatic carbocycles. The fourth-order valence-corrected chi connectivity index (χ4v) is 1.70. The molecule has 0 unspecified atom stereocenters. The predicted octanol–water partition coefficient (Wildman–Crippen LogP) is 2.11. The van der Waals surface area contributed by atoms with Crippen LogP contribution in [0.25, 0.3) is 0 Å². The minimum Gasteiger partial charge on any atom is -0.478 e. The van der Waals surface area contributed by atoms with Gasteiger partial charge in [0, 0.05) is 6.61 Å². The van der Waals surface area contributed by atoms with Crippen molar-refractivity contribution in [3.8, 4) is 0 Å². The summed E-state index contributed by atoms with van der Waals surface area (Å²) in [5.41, 5.74) is 0.116. The number of carboxylic acid groups (broad SMARTS) is 1. The Labute approximate surface area is 118 Å². The number of unbranched alkanes of at least 4 members (excludes halogenated alkanes) is 2. The van der Waals surface area contributed by atoms with E-state index in [1.54, 1.807) is 6.92 Å². The minimum atomic E-state index is -1.04. The van der Waals surface area contributed by atoms with Gasteiger partial charge >= 0.3 is 5.97 Å². The molecule has 0 spiro atoms. The normalized spacial score (nSPS) is 10.5. The van der Waals surface area contributed by atoms with E-state index in [9.17, 15) is 9.59 Å². The van der Waals surface area contributed by atoms with Crippen LogP contribution in [-0.4, -0.2) is 30.2 Å². The van der Waals surface area contributed by atoms with E-state index in [-0.39, 0.29) is 24.6 Å². The number of carboxylic acids is 1. The van der Waals surface area contributed by atoms with Gasteiger partial charge in [-0.3, -0.25) is 4.79 Å². The molecule has 1 heterocycles. The first-order chi connectivity index (χ1) is 9.54. The summed E-state index contributed by atoms with van der Waals surface area (Å²) in [6.07, 6.45) is 3.15. The summed E-state index contributed by atoms with van der Waals surface area (Å²) in [4.78, 5) is 22.3. The van der Waals surface area contributed by atoms with E-state index in [1.807, 2.05) is 0 Å². The van der Waals surface area contributed by atoms with Gasteiger partial charge in [-0.25, -0.2) is 4.79 Å². The number of nitrogens with one attached hydrogen (secondary N) is 1. The van der Waals surface area contributed by atoms with Crippen molar-refractivity contribution >= 4 is 11.9 Å². The van der Waals surface area contributed by atoms with Crippen LogP contribution in [0, 0.1) is 6.92 Å². The van der Waals surface area contributed by atoms with Crippen molar-refractivity contribution in [3.63, 3.8) is 0 Å². The number of hydrogen-bond acceptors (Lipinski definition) is 4. The molecule has 1 aromatic heterocycles. The molecule has 1 rings (SSSR count). The van der Waals surface area contributed by atoms with Gasteiger partial charge in [-0.15, -0.1) is 0 Å². The zero-order valence-corrected chi connectivity index (χ0v) is 11.9. The SMILES string of the molecule is CCCCCOCC(=O)NCc1cc(C(=O)O)c(C)o1. The third kappa shape index (κ3) is 5.44. The van der Waals surface area contributed by atoms with E-state index < -0.39 is 5.97 Å². The van der Waals surface area contributed by atoms with E-state index in [2.05, 4.69) is 12.2 Å². The number of aromatic carboxylic acids is 1. The molecular formula is C14H21NO5. The fourth-order valence-electron chi connectivity index (χ4n) is 1.70. The number of hydrogen-bond donors (Lipinski definition) is 2. The monoisotopic (exact) mass is 283 g/mol. The molecule has 0 aliphatic rings. The van der Waals surface area contributed by atoms with Crippen molar-refractivity contribution in [2.75, 3.05) is 13.2 Å². The number of aryl methyl sites for hydroxylation is 1. The van der Waals surface area contributed by atoms with Crippen LogP contribution in [0.2, 0.25) is 0 Å². The lowest BCUT2D eigenvalue weighted by Gasteiger charge is -2.04. The maximum Gasteiger partial charge on any atom is 0.339 e. The Hall–Kier alpha value is -1.82. The maximum atomic E-state index is 11.5. The molecule has 0 saturated carbocycles.